The van der Waals surface area contributed by atoms with Crippen LogP contribution in [-0.2, 0) is 0 Å². The van der Waals surface area contributed by atoms with Gasteiger partial charge in [-0.3, -0.25) is 4.79 Å². The van der Waals surface area contributed by atoms with Gasteiger partial charge in [0, 0.05) is 12.1 Å². The predicted molar refractivity (Wildman–Crippen MR) is 92.9 cm³/mol. The molecule has 1 heterocycles. The minimum Gasteiger partial charge on any atom is -0.464 e. The number of benzene rings is 2. The van der Waals surface area contributed by atoms with Gasteiger partial charge < -0.3 is 14.8 Å². The average molecular weight is 342 g/mol. The molecule has 0 unspecified atom stereocenters. The first-order valence-electron chi connectivity index (χ1n) is 7.50. The van der Waals surface area contributed by atoms with E-state index in [9.17, 15) is 9.90 Å². The average Bonchev–Trinajstić information content (AvgIpc) is 3.14. The second-order valence-electron chi connectivity index (χ2n) is 5.30. The Hall–Kier alpha value is -2.56. The van der Waals surface area contributed by atoms with Crippen molar-refractivity contribution in [2.75, 3.05) is 6.54 Å². The number of nitrogens with one attached hydrogen (secondary N) is 1. The first-order chi connectivity index (χ1) is 11.6. The number of hydrogen-bond donors (Lipinski definition) is 2. The van der Waals surface area contributed by atoms with E-state index in [1.165, 1.54) is 0 Å². The molecule has 0 saturated carbocycles. The van der Waals surface area contributed by atoms with Gasteiger partial charge in [0.25, 0.3) is 5.91 Å². The summed E-state index contributed by atoms with van der Waals surface area (Å²) in [5.41, 5.74) is 2.03. The van der Waals surface area contributed by atoms with Crippen LogP contribution in [0.5, 0.6) is 0 Å². The van der Waals surface area contributed by atoms with E-state index in [0.717, 1.165) is 11.3 Å². The Labute approximate surface area is 144 Å². The van der Waals surface area contributed by atoms with Crippen LogP contribution in [-0.4, -0.2) is 17.6 Å². The molecule has 2 N–H and O–H groups in total. The van der Waals surface area contributed by atoms with Gasteiger partial charge in [0.05, 0.1) is 23.0 Å². The second kappa shape index (κ2) is 7.34. The number of aliphatic hydroxyl groups is 1. The van der Waals surface area contributed by atoms with Gasteiger partial charge in [-0.05, 0) is 29.8 Å². The number of halogens is 1. The Balaban J connectivity index is 1.62. The number of rotatable bonds is 5. The Kier molecular flexibility index (Phi) is 4.99. The van der Waals surface area contributed by atoms with Gasteiger partial charge in [-0.1, -0.05) is 48.0 Å². The topological polar surface area (TPSA) is 62.5 Å². The van der Waals surface area contributed by atoms with E-state index in [2.05, 4.69) is 5.32 Å². The SMILES string of the molecule is O=C(NC[C@@H](O)c1ccc(-c2ccco2)cc1)c1ccccc1Cl. The molecule has 0 bridgehead atoms. The molecule has 122 valence electrons. The zero-order valence-corrected chi connectivity index (χ0v) is 13.5. The molecular weight excluding hydrogens is 326 g/mol. The lowest BCUT2D eigenvalue weighted by Crippen LogP contribution is -2.28. The first kappa shape index (κ1) is 16.3. The molecule has 0 aliphatic heterocycles. The maximum Gasteiger partial charge on any atom is 0.252 e. The van der Waals surface area contributed by atoms with Crippen LogP contribution in [0.4, 0.5) is 0 Å². The molecule has 24 heavy (non-hydrogen) atoms. The largest absolute Gasteiger partial charge is 0.464 e. The normalized spacial score (nSPS) is 11.9. The van der Waals surface area contributed by atoms with Gasteiger partial charge >= 0.3 is 0 Å². The van der Waals surface area contributed by atoms with Crippen molar-refractivity contribution < 1.29 is 14.3 Å². The third-order valence-electron chi connectivity index (χ3n) is 3.68. The second-order valence-corrected chi connectivity index (χ2v) is 5.71. The van der Waals surface area contributed by atoms with E-state index in [4.69, 9.17) is 16.0 Å². The molecule has 4 nitrogen and oxygen atoms in total. The third kappa shape index (κ3) is 3.67. The smallest absolute Gasteiger partial charge is 0.252 e. The molecular formula is C19H16ClNO3. The van der Waals surface area contributed by atoms with Crippen molar-refractivity contribution in [1.82, 2.24) is 5.32 Å². The molecule has 1 atom stereocenters. The molecule has 0 spiro atoms. The lowest BCUT2D eigenvalue weighted by molar-refractivity contribution is 0.0916. The molecule has 0 aliphatic carbocycles. The van der Waals surface area contributed by atoms with Gasteiger partial charge in [-0.15, -0.1) is 0 Å². The van der Waals surface area contributed by atoms with E-state index >= 15 is 0 Å². The molecule has 5 heteroatoms. The van der Waals surface area contributed by atoms with Crippen LogP contribution in [0, 0.1) is 0 Å². The molecule has 1 amide bonds. The standard InChI is InChI=1S/C19H16ClNO3/c20-16-5-2-1-4-15(16)19(23)21-12-17(22)13-7-9-14(10-8-13)18-6-3-11-24-18/h1-11,17,22H,12H2,(H,21,23)/t17-/m1/s1. The van der Waals surface area contributed by atoms with Crippen molar-refractivity contribution in [2.45, 2.75) is 6.10 Å². The number of furan rings is 1. The summed E-state index contributed by atoms with van der Waals surface area (Å²) in [6.07, 6.45) is 0.810. The molecule has 0 fully saturated rings. The van der Waals surface area contributed by atoms with E-state index in [0.29, 0.717) is 16.1 Å². The van der Waals surface area contributed by atoms with Crippen LogP contribution < -0.4 is 5.32 Å². The fraction of sp³-hybridized carbons (Fsp3) is 0.105. The van der Waals surface area contributed by atoms with Crippen LogP contribution in [0.15, 0.2) is 71.3 Å². The van der Waals surface area contributed by atoms with Gasteiger partial charge in [-0.2, -0.15) is 0 Å². The van der Waals surface area contributed by atoms with Crippen molar-refractivity contribution in [3.05, 3.63) is 83.1 Å². The number of amides is 1. The highest BCUT2D eigenvalue weighted by molar-refractivity contribution is 6.33. The maximum atomic E-state index is 12.1. The van der Waals surface area contributed by atoms with Crippen LogP contribution >= 0.6 is 11.6 Å². The summed E-state index contributed by atoms with van der Waals surface area (Å²) >= 11 is 5.99. The molecule has 3 rings (SSSR count). The molecule has 3 aromatic rings. The Morgan fingerprint density at radius 2 is 1.83 bits per heavy atom. The first-order valence-corrected chi connectivity index (χ1v) is 7.87. The van der Waals surface area contributed by atoms with Crippen molar-refractivity contribution in [3.63, 3.8) is 0 Å². The van der Waals surface area contributed by atoms with Crippen LogP contribution in [0.25, 0.3) is 11.3 Å². The highest BCUT2D eigenvalue weighted by Crippen LogP contribution is 2.22. The summed E-state index contributed by atoms with van der Waals surface area (Å²) in [5, 5.41) is 13.3. The van der Waals surface area contributed by atoms with Gasteiger partial charge in [-0.25, -0.2) is 0 Å². The molecule has 0 saturated heterocycles. The number of aliphatic hydroxyl groups excluding tert-OH is 1. The summed E-state index contributed by atoms with van der Waals surface area (Å²) in [4.78, 5) is 12.1. The number of hydrogen-bond acceptors (Lipinski definition) is 3. The summed E-state index contributed by atoms with van der Waals surface area (Å²) < 4.78 is 5.33. The lowest BCUT2D eigenvalue weighted by Gasteiger charge is -2.13. The monoisotopic (exact) mass is 341 g/mol. The zero-order chi connectivity index (χ0) is 16.9. The minimum absolute atomic E-state index is 0.101. The van der Waals surface area contributed by atoms with E-state index in [1.807, 2.05) is 36.4 Å². The summed E-state index contributed by atoms with van der Waals surface area (Å²) in [7, 11) is 0. The van der Waals surface area contributed by atoms with Crippen molar-refractivity contribution >= 4 is 17.5 Å². The van der Waals surface area contributed by atoms with Gasteiger partial charge in [0.1, 0.15) is 5.76 Å². The maximum absolute atomic E-state index is 12.1. The summed E-state index contributed by atoms with van der Waals surface area (Å²) in [6, 6.07) is 17.8. The van der Waals surface area contributed by atoms with Crippen LogP contribution in [0.2, 0.25) is 5.02 Å². The zero-order valence-electron chi connectivity index (χ0n) is 12.8. The lowest BCUT2D eigenvalue weighted by atomic mass is 10.1. The fourth-order valence-corrected chi connectivity index (χ4v) is 2.58. The van der Waals surface area contributed by atoms with Crippen molar-refractivity contribution in [1.29, 1.82) is 0 Å². The Bertz CT molecular complexity index is 813. The molecule has 0 radical (unpaired) electrons. The summed E-state index contributed by atoms with van der Waals surface area (Å²) in [6.45, 7) is 0.101. The van der Waals surface area contributed by atoms with E-state index < -0.39 is 6.10 Å². The third-order valence-corrected chi connectivity index (χ3v) is 4.01. The van der Waals surface area contributed by atoms with E-state index in [-0.39, 0.29) is 12.5 Å². The van der Waals surface area contributed by atoms with Crippen molar-refractivity contribution in [2.24, 2.45) is 0 Å². The molecule has 2 aromatic carbocycles. The number of carbonyl (C=O) groups excluding carboxylic acids is 1. The van der Waals surface area contributed by atoms with E-state index in [1.54, 1.807) is 30.5 Å². The molecule has 0 aliphatic rings. The summed E-state index contributed by atoms with van der Waals surface area (Å²) in [5.74, 6) is 0.454. The van der Waals surface area contributed by atoms with Crippen LogP contribution in [0.3, 0.4) is 0 Å². The Morgan fingerprint density at radius 3 is 2.50 bits per heavy atom. The fourth-order valence-electron chi connectivity index (χ4n) is 2.36. The van der Waals surface area contributed by atoms with Gasteiger partial charge in [0.15, 0.2) is 0 Å². The number of carbonyl (C=O) groups is 1. The minimum atomic E-state index is -0.804. The highest BCUT2D eigenvalue weighted by atomic mass is 35.5. The highest BCUT2D eigenvalue weighted by Gasteiger charge is 2.13. The Morgan fingerprint density at radius 1 is 1.08 bits per heavy atom. The quantitative estimate of drug-likeness (QED) is 0.735. The molecule has 1 aromatic heterocycles. The van der Waals surface area contributed by atoms with Crippen LogP contribution in [0.1, 0.15) is 22.0 Å². The predicted octanol–water partition coefficient (Wildman–Crippen LogP) is 4.06. The van der Waals surface area contributed by atoms with Crippen molar-refractivity contribution in [3.8, 4) is 11.3 Å². The van der Waals surface area contributed by atoms with Gasteiger partial charge in [0.2, 0.25) is 0 Å².